The molecule has 0 unspecified atom stereocenters. The Bertz CT molecular complexity index is 334. The Morgan fingerprint density at radius 1 is 1.47 bits per heavy atom. The molecule has 0 aromatic heterocycles. The fraction of sp³-hybridized carbons (Fsp3) is 0.500. The Labute approximate surface area is 95.6 Å². The predicted molar refractivity (Wildman–Crippen MR) is 62.8 cm³/mol. The second-order valence-corrected chi connectivity index (χ2v) is 4.37. The van der Waals surface area contributed by atoms with Crippen LogP contribution in [0.5, 0.6) is 5.75 Å². The molecule has 0 radical (unpaired) electrons. The van der Waals surface area contributed by atoms with Crippen molar-refractivity contribution in [3.8, 4) is 5.75 Å². The van der Waals surface area contributed by atoms with Gasteiger partial charge in [0.05, 0.1) is 7.11 Å². The van der Waals surface area contributed by atoms with Crippen molar-refractivity contribution in [2.45, 2.75) is 18.8 Å². The lowest BCUT2D eigenvalue weighted by atomic mass is 9.91. The molecule has 15 heavy (non-hydrogen) atoms. The Balaban J connectivity index is 2.25. The fourth-order valence-electron chi connectivity index (χ4n) is 2.14. The monoisotopic (exact) mass is 225 g/mol. The molecule has 1 N–H and O–H groups in total. The van der Waals surface area contributed by atoms with Crippen molar-refractivity contribution in [3.05, 3.63) is 28.8 Å². The largest absolute Gasteiger partial charge is 0.496 e. The number of hydrogen-bond acceptors (Lipinski definition) is 2. The molecule has 1 fully saturated rings. The van der Waals surface area contributed by atoms with E-state index in [2.05, 4.69) is 11.4 Å². The summed E-state index contributed by atoms with van der Waals surface area (Å²) in [6.45, 7) is 2.17. The average Bonchev–Trinajstić information content (AvgIpc) is 2.30. The van der Waals surface area contributed by atoms with Gasteiger partial charge >= 0.3 is 0 Å². The molecule has 1 aromatic carbocycles. The van der Waals surface area contributed by atoms with Crippen molar-refractivity contribution in [1.82, 2.24) is 5.32 Å². The minimum absolute atomic E-state index is 0.561. The number of methoxy groups -OCH3 is 1. The molecule has 1 saturated heterocycles. The Hall–Kier alpha value is -0.730. The SMILES string of the molecule is COc1cc(Cl)ccc1[C@@H]1CCCNC1. The highest BCUT2D eigenvalue weighted by Crippen LogP contribution is 2.32. The third-order valence-corrected chi connectivity index (χ3v) is 3.17. The zero-order chi connectivity index (χ0) is 10.7. The number of rotatable bonds is 2. The van der Waals surface area contributed by atoms with Crippen molar-refractivity contribution in [1.29, 1.82) is 0 Å². The summed E-state index contributed by atoms with van der Waals surface area (Å²) in [6.07, 6.45) is 2.46. The van der Waals surface area contributed by atoms with Crippen molar-refractivity contribution < 1.29 is 4.74 Å². The van der Waals surface area contributed by atoms with Crippen LogP contribution in [0.1, 0.15) is 24.3 Å². The minimum atomic E-state index is 0.561. The molecule has 2 rings (SSSR count). The number of ether oxygens (including phenoxy) is 1. The summed E-state index contributed by atoms with van der Waals surface area (Å²) < 4.78 is 5.37. The molecule has 0 bridgehead atoms. The van der Waals surface area contributed by atoms with Gasteiger partial charge in [0, 0.05) is 17.5 Å². The molecular weight excluding hydrogens is 210 g/mol. The maximum atomic E-state index is 5.94. The van der Waals surface area contributed by atoms with E-state index in [-0.39, 0.29) is 0 Å². The Morgan fingerprint density at radius 3 is 3.00 bits per heavy atom. The molecule has 0 amide bonds. The summed E-state index contributed by atoms with van der Waals surface area (Å²) in [6, 6.07) is 5.92. The van der Waals surface area contributed by atoms with Gasteiger partial charge in [-0.3, -0.25) is 0 Å². The second kappa shape index (κ2) is 4.86. The summed E-state index contributed by atoms with van der Waals surface area (Å²) in [7, 11) is 1.70. The number of hydrogen-bond donors (Lipinski definition) is 1. The van der Waals surface area contributed by atoms with E-state index in [1.807, 2.05) is 12.1 Å². The van der Waals surface area contributed by atoms with Crippen LogP contribution in [0.15, 0.2) is 18.2 Å². The van der Waals surface area contributed by atoms with Crippen molar-refractivity contribution in [2.24, 2.45) is 0 Å². The molecule has 2 nitrogen and oxygen atoms in total. The zero-order valence-corrected chi connectivity index (χ0v) is 9.68. The van der Waals surface area contributed by atoms with Crippen LogP contribution in [0.2, 0.25) is 5.02 Å². The van der Waals surface area contributed by atoms with Crippen LogP contribution in [0.3, 0.4) is 0 Å². The van der Waals surface area contributed by atoms with Gasteiger partial charge in [0.25, 0.3) is 0 Å². The Kier molecular flexibility index (Phi) is 3.49. The van der Waals surface area contributed by atoms with E-state index in [0.29, 0.717) is 5.92 Å². The topological polar surface area (TPSA) is 21.3 Å². The molecule has 3 heteroatoms. The predicted octanol–water partition coefficient (Wildman–Crippen LogP) is 2.82. The summed E-state index contributed by atoms with van der Waals surface area (Å²) in [5.41, 5.74) is 1.27. The Morgan fingerprint density at radius 2 is 2.33 bits per heavy atom. The van der Waals surface area contributed by atoms with Crippen LogP contribution >= 0.6 is 11.6 Å². The van der Waals surface area contributed by atoms with Gasteiger partial charge in [-0.2, -0.15) is 0 Å². The molecule has 82 valence electrons. The normalized spacial score (nSPS) is 21.3. The number of piperidine rings is 1. The van der Waals surface area contributed by atoms with Crippen LogP contribution < -0.4 is 10.1 Å². The van der Waals surface area contributed by atoms with E-state index in [4.69, 9.17) is 16.3 Å². The minimum Gasteiger partial charge on any atom is -0.496 e. The van der Waals surface area contributed by atoms with Crippen molar-refractivity contribution >= 4 is 11.6 Å². The zero-order valence-electron chi connectivity index (χ0n) is 8.92. The highest BCUT2D eigenvalue weighted by molar-refractivity contribution is 6.30. The summed E-state index contributed by atoms with van der Waals surface area (Å²) >= 11 is 5.94. The molecular formula is C12H16ClNO. The second-order valence-electron chi connectivity index (χ2n) is 3.93. The summed E-state index contributed by atoms with van der Waals surface area (Å²) in [5.74, 6) is 1.47. The van der Waals surface area contributed by atoms with Crippen molar-refractivity contribution in [3.63, 3.8) is 0 Å². The first-order valence-corrected chi connectivity index (χ1v) is 5.73. The molecule has 1 heterocycles. The molecule has 0 aliphatic carbocycles. The third kappa shape index (κ3) is 2.44. The number of nitrogens with one attached hydrogen (secondary N) is 1. The molecule has 1 atom stereocenters. The molecule has 0 spiro atoms. The van der Waals surface area contributed by atoms with Crippen LogP contribution in [0.25, 0.3) is 0 Å². The lowest BCUT2D eigenvalue weighted by Crippen LogP contribution is -2.28. The van der Waals surface area contributed by atoms with Crippen molar-refractivity contribution in [2.75, 3.05) is 20.2 Å². The molecule has 1 aliphatic rings. The van der Waals surface area contributed by atoms with Gasteiger partial charge in [-0.25, -0.2) is 0 Å². The van der Waals surface area contributed by atoms with E-state index in [9.17, 15) is 0 Å². The van der Waals surface area contributed by atoms with Gasteiger partial charge < -0.3 is 10.1 Å². The van der Waals surface area contributed by atoms with Gasteiger partial charge in [0.1, 0.15) is 5.75 Å². The lowest BCUT2D eigenvalue weighted by molar-refractivity contribution is 0.392. The first-order chi connectivity index (χ1) is 7.31. The average molecular weight is 226 g/mol. The smallest absolute Gasteiger partial charge is 0.123 e. The van der Waals surface area contributed by atoms with E-state index in [0.717, 1.165) is 23.9 Å². The lowest BCUT2D eigenvalue weighted by Gasteiger charge is -2.24. The summed E-state index contributed by atoms with van der Waals surface area (Å²) in [4.78, 5) is 0. The molecule has 1 aliphatic heterocycles. The van der Waals surface area contributed by atoms with E-state index >= 15 is 0 Å². The highest BCUT2D eigenvalue weighted by Gasteiger charge is 2.18. The fourth-order valence-corrected chi connectivity index (χ4v) is 2.30. The molecule has 0 saturated carbocycles. The highest BCUT2D eigenvalue weighted by atomic mass is 35.5. The van der Waals surface area contributed by atoms with Crippen LogP contribution in [-0.2, 0) is 0 Å². The van der Waals surface area contributed by atoms with Gasteiger partial charge in [-0.05, 0) is 37.1 Å². The van der Waals surface area contributed by atoms with E-state index < -0.39 is 0 Å². The van der Waals surface area contributed by atoms with E-state index in [1.54, 1.807) is 7.11 Å². The third-order valence-electron chi connectivity index (χ3n) is 2.93. The maximum Gasteiger partial charge on any atom is 0.123 e. The van der Waals surface area contributed by atoms with Gasteiger partial charge in [-0.15, -0.1) is 0 Å². The number of halogens is 1. The van der Waals surface area contributed by atoms with Gasteiger partial charge in [-0.1, -0.05) is 17.7 Å². The number of benzene rings is 1. The molecule has 1 aromatic rings. The van der Waals surface area contributed by atoms with Crippen LogP contribution in [-0.4, -0.2) is 20.2 Å². The van der Waals surface area contributed by atoms with Crippen LogP contribution in [0.4, 0.5) is 0 Å². The quantitative estimate of drug-likeness (QED) is 0.836. The van der Waals surface area contributed by atoms with E-state index in [1.165, 1.54) is 18.4 Å². The van der Waals surface area contributed by atoms with Crippen LogP contribution in [0, 0.1) is 0 Å². The van der Waals surface area contributed by atoms with Gasteiger partial charge in [0.2, 0.25) is 0 Å². The first kappa shape index (κ1) is 10.8. The first-order valence-electron chi connectivity index (χ1n) is 5.35. The standard InChI is InChI=1S/C12H16ClNO/c1-15-12-7-10(13)4-5-11(12)9-3-2-6-14-8-9/h4-5,7,9,14H,2-3,6,8H2,1H3/t9-/m1/s1. The summed E-state index contributed by atoms with van der Waals surface area (Å²) in [5, 5.41) is 4.15. The maximum absolute atomic E-state index is 5.94. The van der Waals surface area contributed by atoms with Gasteiger partial charge in [0.15, 0.2) is 0 Å².